The van der Waals surface area contributed by atoms with Crippen molar-refractivity contribution in [3.05, 3.63) is 40.4 Å². The number of hydrogen-bond donors (Lipinski definition) is 3. The maximum atomic E-state index is 12.1. The molecule has 21 heavy (non-hydrogen) atoms. The highest BCUT2D eigenvalue weighted by Gasteiger charge is 2.14. The summed E-state index contributed by atoms with van der Waals surface area (Å²) < 4.78 is 0.592. The van der Waals surface area contributed by atoms with Gasteiger partial charge < -0.3 is 15.3 Å². The molecule has 2 amide bonds. The number of carboxylic acid groups (broad SMARTS) is 1. The molecule has 1 aromatic heterocycles. The number of aromatic amines is 1. The maximum absolute atomic E-state index is 12.1. The van der Waals surface area contributed by atoms with Crippen molar-refractivity contribution in [1.82, 2.24) is 20.1 Å². The number of nitrogens with one attached hydrogen (secondary N) is 2. The summed E-state index contributed by atoms with van der Waals surface area (Å²) in [5, 5.41) is 17.9. The van der Waals surface area contributed by atoms with E-state index >= 15 is 0 Å². The van der Waals surface area contributed by atoms with E-state index in [-0.39, 0.29) is 12.1 Å². The second-order valence-electron chi connectivity index (χ2n) is 4.22. The Balaban J connectivity index is 2.08. The predicted molar refractivity (Wildman–Crippen MR) is 78.0 cm³/mol. The summed E-state index contributed by atoms with van der Waals surface area (Å²) in [5.41, 5.74) is 0.468. The molecular weight excluding hydrogens is 342 g/mol. The molecule has 0 bridgehead atoms. The van der Waals surface area contributed by atoms with Crippen molar-refractivity contribution in [2.24, 2.45) is 0 Å². The van der Waals surface area contributed by atoms with Crippen molar-refractivity contribution < 1.29 is 14.7 Å². The number of hydrogen-bond acceptors (Lipinski definition) is 4. The number of carbonyl (C=O) groups is 2. The fourth-order valence-corrected chi connectivity index (χ4v) is 1.91. The van der Waals surface area contributed by atoms with Crippen molar-refractivity contribution >= 4 is 33.6 Å². The molecule has 110 valence electrons. The molecule has 0 saturated heterocycles. The topological polar surface area (TPSA) is 111 Å². The number of carbonyl (C=O) groups excluding carboxylic acids is 1. The Morgan fingerprint density at radius 3 is 2.86 bits per heavy atom. The van der Waals surface area contributed by atoms with Gasteiger partial charge in [-0.15, -0.1) is 0 Å². The van der Waals surface area contributed by atoms with Gasteiger partial charge in [0.15, 0.2) is 0 Å². The first-order chi connectivity index (χ1) is 9.97. The molecular formula is C12H12BrN5O3. The molecule has 0 atom stereocenters. The Bertz CT molecular complexity index is 659. The molecule has 0 fully saturated rings. The maximum Gasteiger partial charge on any atom is 0.335 e. The van der Waals surface area contributed by atoms with Gasteiger partial charge in [-0.2, -0.15) is 5.10 Å². The predicted octanol–water partition coefficient (Wildman–Crippen LogP) is 1.93. The van der Waals surface area contributed by atoms with Gasteiger partial charge in [0.25, 0.3) is 0 Å². The van der Waals surface area contributed by atoms with Gasteiger partial charge in [0.1, 0.15) is 12.2 Å². The molecule has 0 aliphatic carbocycles. The standard InChI is InChI=1S/C12H12BrN5O3/c1-18(5-10-14-6-15-17-10)12(21)16-9-4-7(11(19)20)2-3-8(9)13/h2-4,6H,5H2,1H3,(H,16,21)(H,19,20)(H,14,15,17). The van der Waals surface area contributed by atoms with Crippen molar-refractivity contribution in [3.8, 4) is 0 Å². The number of carboxylic acids is 1. The Morgan fingerprint density at radius 1 is 1.48 bits per heavy atom. The average Bonchev–Trinajstić information content (AvgIpc) is 2.93. The lowest BCUT2D eigenvalue weighted by atomic mass is 10.2. The van der Waals surface area contributed by atoms with E-state index in [2.05, 4.69) is 36.4 Å². The fourth-order valence-electron chi connectivity index (χ4n) is 1.57. The summed E-state index contributed by atoms with van der Waals surface area (Å²) in [6.07, 6.45) is 1.36. The first kappa shape index (κ1) is 15.0. The molecule has 0 unspecified atom stereocenters. The Morgan fingerprint density at radius 2 is 2.24 bits per heavy atom. The Kier molecular flexibility index (Phi) is 4.53. The van der Waals surface area contributed by atoms with Crippen molar-refractivity contribution in [2.45, 2.75) is 6.54 Å². The van der Waals surface area contributed by atoms with Gasteiger partial charge in [-0.05, 0) is 34.1 Å². The number of amides is 2. The number of urea groups is 1. The minimum atomic E-state index is -1.06. The largest absolute Gasteiger partial charge is 0.478 e. The van der Waals surface area contributed by atoms with Crippen LogP contribution in [0.4, 0.5) is 10.5 Å². The normalized spacial score (nSPS) is 10.2. The molecule has 0 aliphatic rings. The summed E-state index contributed by atoms with van der Waals surface area (Å²) >= 11 is 3.26. The number of nitrogens with zero attached hydrogens (tertiary/aromatic N) is 3. The quantitative estimate of drug-likeness (QED) is 0.777. The SMILES string of the molecule is CN(Cc1ncn[nH]1)C(=O)Nc1cc(C(=O)O)ccc1Br. The summed E-state index contributed by atoms with van der Waals surface area (Å²) in [7, 11) is 1.59. The third-order valence-electron chi connectivity index (χ3n) is 2.65. The number of benzene rings is 1. The summed E-state index contributed by atoms with van der Waals surface area (Å²) in [6.45, 7) is 0.252. The van der Waals surface area contributed by atoms with Gasteiger partial charge in [-0.25, -0.2) is 14.6 Å². The third kappa shape index (κ3) is 3.78. The van der Waals surface area contributed by atoms with Crippen LogP contribution in [0.25, 0.3) is 0 Å². The van der Waals surface area contributed by atoms with E-state index in [0.29, 0.717) is 16.0 Å². The first-order valence-electron chi connectivity index (χ1n) is 5.86. The molecule has 1 aromatic carbocycles. The molecule has 1 heterocycles. The van der Waals surface area contributed by atoms with E-state index in [1.54, 1.807) is 13.1 Å². The van der Waals surface area contributed by atoms with Crippen LogP contribution in [0, 0.1) is 0 Å². The summed E-state index contributed by atoms with van der Waals surface area (Å²) in [4.78, 5) is 28.3. The van der Waals surface area contributed by atoms with Gasteiger partial charge >= 0.3 is 12.0 Å². The highest BCUT2D eigenvalue weighted by molar-refractivity contribution is 9.10. The first-order valence-corrected chi connectivity index (χ1v) is 6.66. The smallest absolute Gasteiger partial charge is 0.335 e. The zero-order valence-electron chi connectivity index (χ0n) is 11.0. The zero-order chi connectivity index (χ0) is 15.4. The number of anilines is 1. The van der Waals surface area contributed by atoms with E-state index in [4.69, 9.17) is 5.11 Å². The number of aromatic nitrogens is 3. The second-order valence-corrected chi connectivity index (χ2v) is 5.07. The number of rotatable bonds is 4. The van der Waals surface area contributed by atoms with Crippen LogP contribution in [-0.2, 0) is 6.54 Å². The minimum absolute atomic E-state index is 0.0892. The highest BCUT2D eigenvalue weighted by Crippen LogP contribution is 2.24. The van der Waals surface area contributed by atoms with Crippen molar-refractivity contribution in [1.29, 1.82) is 0 Å². The van der Waals surface area contributed by atoms with Crippen LogP contribution in [0.2, 0.25) is 0 Å². The molecule has 0 saturated carbocycles. The van der Waals surface area contributed by atoms with Gasteiger partial charge in [0, 0.05) is 11.5 Å². The van der Waals surface area contributed by atoms with Gasteiger partial charge in [-0.3, -0.25) is 5.10 Å². The number of H-pyrrole nitrogens is 1. The number of aromatic carboxylic acids is 1. The van der Waals surface area contributed by atoms with Crippen molar-refractivity contribution in [2.75, 3.05) is 12.4 Å². The fraction of sp³-hybridized carbons (Fsp3) is 0.167. The van der Waals surface area contributed by atoms with E-state index in [0.717, 1.165) is 0 Å². The molecule has 0 spiro atoms. The van der Waals surface area contributed by atoms with Crippen molar-refractivity contribution in [3.63, 3.8) is 0 Å². The highest BCUT2D eigenvalue weighted by atomic mass is 79.9. The molecule has 9 heteroatoms. The lowest BCUT2D eigenvalue weighted by molar-refractivity contribution is 0.0697. The minimum Gasteiger partial charge on any atom is -0.478 e. The Hall–Kier alpha value is -2.42. The van der Waals surface area contributed by atoms with Crippen LogP contribution < -0.4 is 5.32 Å². The monoisotopic (exact) mass is 353 g/mol. The third-order valence-corrected chi connectivity index (χ3v) is 3.34. The lowest BCUT2D eigenvalue weighted by Gasteiger charge is -2.17. The van der Waals surface area contributed by atoms with E-state index in [9.17, 15) is 9.59 Å². The van der Waals surface area contributed by atoms with Crippen LogP contribution >= 0.6 is 15.9 Å². The molecule has 3 N–H and O–H groups in total. The van der Waals surface area contributed by atoms with Gasteiger partial charge in [0.2, 0.25) is 0 Å². The van der Waals surface area contributed by atoms with E-state index in [1.165, 1.54) is 23.4 Å². The van der Waals surface area contributed by atoms with E-state index in [1.807, 2.05) is 0 Å². The molecule has 8 nitrogen and oxygen atoms in total. The summed E-state index contributed by atoms with van der Waals surface area (Å²) in [5.74, 6) is -0.515. The summed E-state index contributed by atoms with van der Waals surface area (Å²) in [6, 6.07) is 4.00. The van der Waals surface area contributed by atoms with Gasteiger partial charge in [-0.1, -0.05) is 0 Å². The second kappa shape index (κ2) is 6.35. The lowest BCUT2D eigenvalue weighted by Crippen LogP contribution is -2.31. The molecule has 0 radical (unpaired) electrons. The van der Waals surface area contributed by atoms with Crippen LogP contribution in [0.5, 0.6) is 0 Å². The Labute approximate surface area is 128 Å². The van der Waals surface area contributed by atoms with Gasteiger partial charge in [0.05, 0.1) is 17.8 Å². The van der Waals surface area contributed by atoms with E-state index < -0.39 is 12.0 Å². The molecule has 0 aliphatic heterocycles. The van der Waals surface area contributed by atoms with Crippen LogP contribution in [0.1, 0.15) is 16.2 Å². The van der Waals surface area contributed by atoms with Crippen LogP contribution in [0.3, 0.4) is 0 Å². The average molecular weight is 354 g/mol. The molecule has 2 aromatic rings. The van der Waals surface area contributed by atoms with Crippen LogP contribution in [-0.4, -0.2) is 44.2 Å². The molecule has 2 rings (SSSR count). The van der Waals surface area contributed by atoms with Crippen LogP contribution in [0.15, 0.2) is 29.0 Å². The number of halogens is 1. The zero-order valence-corrected chi connectivity index (χ0v) is 12.6.